The fraction of sp³-hybridized carbons (Fsp3) is 0.800. The van der Waals surface area contributed by atoms with Gasteiger partial charge < -0.3 is 10.6 Å². The molecule has 1 rings (SSSR count). The maximum absolute atomic E-state index is 5.10. The van der Waals surface area contributed by atoms with Gasteiger partial charge in [-0.25, -0.2) is 0 Å². The predicted molar refractivity (Wildman–Crippen MR) is 52.0 cm³/mol. The van der Waals surface area contributed by atoms with Gasteiger partial charge in [0.05, 0.1) is 6.54 Å². The van der Waals surface area contributed by atoms with Crippen molar-refractivity contribution < 1.29 is 0 Å². The van der Waals surface area contributed by atoms with Crippen LogP contribution < -0.4 is 10.6 Å². The summed E-state index contributed by atoms with van der Waals surface area (Å²) in [6.07, 6.45) is 10.6. The van der Waals surface area contributed by atoms with Crippen LogP contribution in [0.25, 0.3) is 0 Å². The van der Waals surface area contributed by atoms with Gasteiger partial charge in [0.25, 0.3) is 0 Å². The van der Waals surface area contributed by atoms with Crippen molar-refractivity contribution in [3.05, 3.63) is 0 Å². The molecule has 0 saturated heterocycles. The van der Waals surface area contributed by atoms with Crippen molar-refractivity contribution >= 4 is 0 Å². The van der Waals surface area contributed by atoms with Crippen LogP contribution in [0.2, 0.25) is 0 Å². The van der Waals surface area contributed by atoms with Crippen molar-refractivity contribution in [2.24, 2.45) is 0 Å². The quantitative estimate of drug-likeness (QED) is 0.465. The molecule has 0 radical (unpaired) electrons. The summed E-state index contributed by atoms with van der Waals surface area (Å²) in [5.74, 6) is 2.56. The largest absolute Gasteiger partial charge is 0.313 e. The Morgan fingerprint density at radius 2 is 2.00 bits per heavy atom. The lowest BCUT2D eigenvalue weighted by Crippen LogP contribution is -2.33. The van der Waals surface area contributed by atoms with Crippen LogP contribution in [0.15, 0.2) is 0 Å². The molecule has 0 aromatic carbocycles. The normalized spacial score (nSPS) is 17.9. The molecule has 0 aliphatic heterocycles. The molecule has 2 nitrogen and oxygen atoms in total. The molecular formula is C10H18N2. The van der Waals surface area contributed by atoms with Crippen molar-refractivity contribution in [3.8, 4) is 12.3 Å². The standard InChI is InChI=1S/C10H18N2/c1-2-7-11-8-9-12-10-5-3-4-6-10/h1,10-12H,3-9H2. The lowest BCUT2D eigenvalue weighted by molar-refractivity contribution is 0.516. The molecule has 0 heterocycles. The smallest absolute Gasteiger partial charge is 0.0574 e. The van der Waals surface area contributed by atoms with Gasteiger partial charge in [0.15, 0.2) is 0 Å². The van der Waals surface area contributed by atoms with E-state index in [0.717, 1.165) is 19.1 Å². The molecule has 2 N–H and O–H groups in total. The number of hydrogen-bond acceptors (Lipinski definition) is 2. The molecule has 2 heteroatoms. The van der Waals surface area contributed by atoms with Crippen molar-refractivity contribution in [1.82, 2.24) is 10.6 Å². The first-order chi connectivity index (χ1) is 5.93. The maximum atomic E-state index is 5.10. The minimum atomic E-state index is 0.687. The fourth-order valence-electron chi connectivity index (χ4n) is 1.66. The van der Waals surface area contributed by atoms with Crippen LogP contribution in [0.4, 0.5) is 0 Å². The first-order valence-electron chi connectivity index (χ1n) is 4.81. The maximum Gasteiger partial charge on any atom is 0.0574 e. The summed E-state index contributed by atoms with van der Waals surface area (Å²) in [6, 6.07) is 0.776. The molecule has 1 fully saturated rings. The average Bonchev–Trinajstić information content (AvgIpc) is 2.57. The Kier molecular flexibility index (Phi) is 4.82. The molecule has 0 bridgehead atoms. The SMILES string of the molecule is C#CCNCCNC1CCCC1. The van der Waals surface area contributed by atoms with Gasteiger partial charge in [-0.2, -0.15) is 0 Å². The van der Waals surface area contributed by atoms with E-state index in [4.69, 9.17) is 6.42 Å². The first kappa shape index (κ1) is 9.57. The minimum Gasteiger partial charge on any atom is -0.313 e. The van der Waals surface area contributed by atoms with E-state index >= 15 is 0 Å². The zero-order chi connectivity index (χ0) is 8.65. The van der Waals surface area contributed by atoms with Crippen LogP contribution in [0.3, 0.4) is 0 Å². The summed E-state index contributed by atoms with van der Waals surface area (Å²) in [4.78, 5) is 0. The summed E-state index contributed by atoms with van der Waals surface area (Å²) >= 11 is 0. The third-order valence-electron chi connectivity index (χ3n) is 2.32. The Bertz CT molecular complexity index is 142. The van der Waals surface area contributed by atoms with Crippen LogP contribution >= 0.6 is 0 Å². The zero-order valence-electron chi connectivity index (χ0n) is 7.60. The summed E-state index contributed by atoms with van der Waals surface area (Å²) in [5, 5.41) is 6.67. The Hall–Kier alpha value is -0.520. The van der Waals surface area contributed by atoms with Gasteiger partial charge in [-0.3, -0.25) is 0 Å². The highest BCUT2D eigenvalue weighted by atomic mass is 15.0. The molecule has 0 atom stereocenters. The van der Waals surface area contributed by atoms with Gasteiger partial charge in [-0.15, -0.1) is 6.42 Å². The predicted octanol–water partition coefficient (Wildman–Crippen LogP) is 0.741. The van der Waals surface area contributed by atoms with Crippen LogP contribution in [0.1, 0.15) is 25.7 Å². The van der Waals surface area contributed by atoms with E-state index in [0.29, 0.717) is 6.54 Å². The average molecular weight is 166 g/mol. The van der Waals surface area contributed by atoms with Crippen LogP contribution in [-0.2, 0) is 0 Å². The van der Waals surface area contributed by atoms with E-state index in [1.807, 2.05) is 0 Å². The molecule has 1 aliphatic rings. The van der Waals surface area contributed by atoms with Gasteiger partial charge in [0.1, 0.15) is 0 Å². The van der Waals surface area contributed by atoms with Crippen LogP contribution in [0, 0.1) is 12.3 Å². The molecular weight excluding hydrogens is 148 g/mol. The van der Waals surface area contributed by atoms with Gasteiger partial charge in [0.2, 0.25) is 0 Å². The second-order valence-corrected chi connectivity index (χ2v) is 3.32. The Labute approximate surface area is 75.1 Å². The number of rotatable bonds is 5. The van der Waals surface area contributed by atoms with E-state index in [9.17, 15) is 0 Å². The Morgan fingerprint density at radius 1 is 1.25 bits per heavy atom. The minimum absolute atomic E-state index is 0.687. The molecule has 0 spiro atoms. The van der Waals surface area contributed by atoms with Gasteiger partial charge in [-0.1, -0.05) is 18.8 Å². The van der Waals surface area contributed by atoms with E-state index in [1.165, 1.54) is 25.7 Å². The molecule has 0 aromatic rings. The topological polar surface area (TPSA) is 24.1 Å². The third kappa shape index (κ3) is 3.75. The zero-order valence-corrected chi connectivity index (χ0v) is 7.60. The fourth-order valence-corrected chi connectivity index (χ4v) is 1.66. The van der Waals surface area contributed by atoms with Gasteiger partial charge >= 0.3 is 0 Å². The van der Waals surface area contributed by atoms with E-state index < -0.39 is 0 Å². The molecule has 1 aliphatic carbocycles. The highest BCUT2D eigenvalue weighted by Crippen LogP contribution is 2.16. The third-order valence-corrected chi connectivity index (χ3v) is 2.32. The lowest BCUT2D eigenvalue weighted by Gasteiger charge is -2.10. The van der Waals surface area contributed by atoms with Gasteiger partial charge in [0, 0.05) is 19.1 Å². The molecule has 0 unspecified atom stereocenters. The van der Waals surface area contributed by atoms with Crippen molar-refractivity contribution in [2.75, 3.05) is 19.6 Å². The summed E-state index contributed by atoms with van der Waals surface area (Å²) < 4.78 is 0. The summed E-state index contributed by atoms with van der Waals surface area (Å²) in [7, 11) is 0. The molecule has 1 saturated carbocycles. The molecule has 68 valence electrons. The van der Waals surface area contributed by atoms with Gasteiger partial charge in [-0.05, 0) is 12.8 Å². The molecule has 0 aromatic heterocycles. The lowest BCUT2D eigenvalue weighted by atomic mass is 10.2. The second kappa shape index (κ2) is 6.05. The highest BCUT2D eigenvalue weighted by molar-refractivity contribution is 4.86. The van der Waals surface area contributed by atoms with E-state index in [2.05, 4.69) is 16.6 Å². The Balaban J connectivity index is 1.85. The molecule has 0 amide bonds. The first-order valence-corrected chi connectivity index (χ1v) is 4.81. The monoisotopic (exact) mass is 166 g/mol. The van der Waals surface area contributed by atoms with Crippen molar-refractivity contribution in [3.63, 3.8) is 0 Å². The van der Waals surface area contributed by atoms with Crippen LogP contribution in [0.5, 0.6) is 0 Å². The number of nitrogens with one attached hydrogen (secondary N) is 2. The highest BCUT2D eigenvalue weighted by Gasteiger charge is 2.12. The Morgan fingerprint density at radius 3 is 2.67 bits per heavy atom. The summed E-state index contributed by atoms with van der Waals surface area (Å²) in [5.41, 5.74) is 0. The number of hydrogen-bond donors (Lipinski definition) is 2. The molecule has 12 heavy (non-hydrogen) atoms. The summed E-state index contributed by atoms with van der Waals surface area (Å²) in [6.45, 7) is 2.72. The number of terminal acetylenes is 1. The second-order valence-electron chi connectivity index (χ2n) is 3.32. The van der Waals surface area contributed by atoms with Crippen LogP contribution in [-0.4, -0.2) is 25.7 Å². The van der Waals surface area contributed by atoms with E-state index in [-0.39, 0.29) is 0 Å². The van der Waals surface area contributed by atoms with Crippen molar-refractivity contribution in [1.29, 1.82) is 0 Å². The van der Waals surface area contributed by atoms with E-state index in [1.54, 1.807) is 0 Å². The van der Waals surface area contributed by atoms with Crippen molar-refractivity contribution in [2.45, 2.75) is 31.7 Å².